The van der Waals surface area contributed by atoms with Crippen molar-refractivity contribution in [2.75, 3.05) is 7.11 Å². The fraction of sp³-hybridized carbons (Fsp3) is 0.133. The smallest absolute Gasteiger partial charge is 0.251 e. The van der Waals surface area contributed by atoms with E-state index >= 15 is 0 Å². The average Bonchev–Trinajstić information content (AvgIpc) is 2.46. The minimum Gasteiger partial charge on any atom is -0.508 e. The Balaban J connectivity index is 2.01. The van der Waals surface area contributed by atoms with E-state index in [0.29, 0.717) is 17.9 Å². The molecule has 0 bridgehead atoms. The first-order chi connectivity index (χ1) is 9.60. The topological polar surface area (TPSA) is 58.6 Å². The van der Waals surface area contributed by atoms with E-state index in [0.717, 1.165) is 10.0 Å². The summed E-state index contributed by atoms with van der Waals surface area (Å²) in [5, 5.41) is 12.0. The molecule has 2 aromatic rings. The Morgan fingerprint density at radius 2 is 1.95 bits per heavy atom. The van der Waals surface area contributed by atoms with Crippen LogP contribution in [-0.2, 0) is 6.54 Å². The molecule has 0 heterocycles. The third-order valence-electron chi connectivity index (χ3n) is 2.80. The van der Waals surface area contributed by atoms with Gasteiger partial charge in [0.15, 0.2) is 0 Å². The van der Waals surface area contributed by atoms with Crippen LogP contribution in [0.4, 0.5) is 0 Å². The molecule has 5 heteroatoms. The molecule has 2 aromatic carbocycles. The highest BCUT2D eigenvalue weighted by Gasteiger charge is 2.08. The number of phenols is 1. The standard InChI is InChI=1S/C15H14BrNO3/c1-20-14-7-4-11(8-13(14)16)15(19)17-9-10-2-5-12(18)6-3-10/h2-8,18H,9H2,1H3,(H,17,19). The number of carbonyl (C=O) groups excluding carboxylic acids is 1. The van der Waals surface area contributed by atoms with Crippen molar-refractivity contribution in [1.29, 1.82) is 0 Å². The molecular weight excluding hydrogens is 322 g/mol. The second-order valence-corrected chi connectivity index (χ2v) is 5.05. The Labute approximate surface area is 125 Å². The number of ether oxygens (including phenoxy) is 1. The van der Waals surface area contributed by atoms with E-state index in [1.54, 1.807) is 49.6 Å². The van der Waals surface area contributed by atoms with Crippen LogP contribution in [0.25, 0.3) is 0 Å². The van der Waals surface area contributed by atoms with Crippen molar-refractivity contribution < 1.29 is 14.6 Å². The van der Waals surface area contributed by atoms with Gasteiger partial charge in [0.25, 0.3) is 5.91 Å². The third-order valence-corrected chi connectivity index (χ3v) is 3.42. The second kappa shape index (κ2) is 6.43. The molecule has 0 fully saturated rings. The van der Waals surface area contributed by atoms with Crippen LogP contribution in [0.1, 0.15) is 15.9 Å². The molecule has 20 heavy (non-hydrogen) atoms. The fourth-order valence-electron chi connectivity index (χ4n) is 1.71. The summed E-state index contributed by atoms with van der Waals surface area (Å²) in [7, 11) is 1.57. The van der Waals surface area contributed by atoms with Gasteiger partial charge in [-0.3, -0.25) is 4.79 Å². The van der Waals surface area contributed by atoms with Gasteiger partial charge in [0.1, 0.15) is 11.5 Å². The van der Waals surface area contributed by atoms with E-state index in [1.807, 2.05) is 0 Å². The average molecular weight is 336 g/mol. The van der Waals surface area contributed by atoms with Gasteiger partial charge in [0.2, 0.25) is 0 Å². The van der Waals surface area contributed by atoms with Crippen LogP contribution in [0.15, 0.2) is 46.9 Å². The van der Waals surface area contributed by atoms with Gasteiger partial charge < -0.3 is 15.2 Å². The number of nitrogens with one attached hydrogen (secondary N) is 1. The molecule has 0 saturated carbocycles. The highest BCUT2D eigenvalue weighted by molar-refractivity contribution is 9.10. The fourth-order valence-corrected chi connectivity index (χ4v) is 2.25. The molecule has 0 saturated heterocycles. The second-order valence-electron chi connectivity index (χ2n) is 4.20. The molecule has 0 spiro atoms. The first kappa shape index (κ1) is 14.4. The molecule has 0 aliphatic rings. The summed E-state index contributed by atoms with van der Waals surface area (Å²) in [6.07, 6.45) is 0. The van der Waals surface area contributed by atoms with E-state index in [4.69, 9.17) is 4.74 Å². The number of halogens is 1. The molecule has 4 nitrogen and oxygen atoms in total. The Morgan fingerprint density at radius 1 is 1.25 bits per heavy atom. The number of methoxy groups -OCH3 is 1. The minimum absolute atomic E-state index is 0.165. The maximum absolute atomic E-state index is 12.0. The molecule has 0 radical (unpaired) electrons. The number of hydrogen-bond acceptors (Lipinski definition) is 3. The van der Waals surface area contributed by atoms with Gasteiger partial charge >= 0.3 is 0 Å². The summed E-state index contributed by atoms with van der Waals surface area (Å²) in [6, 6.07) is 11.9. The van der Waals surface area contributed by atoms with Gasteiger partial charge in [-0.2, -0.15) is 0 Å². The Morgan fingerprint density at radius 3 is 2.55 bits per heavy atom. The molecule has 1 amide bonds. The maximum atomic E-state index is 12.0. The summed E-state index contributed by atoms with van der Waals surface area (Å²) in [5.74, 6) is 0.723. The molecule has 0 aliphatic heterocycles. The van der Waals surface area contributed by atoms with Gasteiger partial charge in [0, 0.05) is 12.1 Å². The van der Waals surface area contributed by atoms with E-state index in [1.165, 1.54) is 0 Å². The first-order valence-corrected chi connectivity index (χ1v) is 6.79. The van der Waals surface area contributed by atoms with Crippen molar-refractivity contribution in [3.63, 3.8) is 0 Å². The number of aromatic hydroxyl groups is 1. The number of amides is 1. The van der Waals surface area contributed by atoms with Crippen LogP contribution in [0, 0.1) is 0 Å². The predicted molar refractivity (Wildman–Crippen MR) is 80.0 cm³/mol. The number of benzene rings is 2. The van der Waals surface area contributed by atoms with Gasteiger partial charge in [-0.1, -0.05) is 12.1 Å². The van der Waals surface area contributed by atoms with Gasteiger partial charge in [-0.15, -0.1) is 0 Å². The van der Waals surface area contributed by atoms with Crippen molar-refractivity contribution in [3.8, 4) is 11.5 Å². The zero-order chi connectivity index (χ0) is 14.5. The zero-order valence-corrected chi connectivity index (χ0v) is 12.5. The van der Waals surface area contributed by atoms with Crippen molar-refractivity contribution in [2.45, 2.75) is 6.54 Å². The molecule has 0 aromatic heterocycles. The molecule has 104 valence electrons. The zero-order valence-electron chi connectivity index (χ0n) is 10.9. The largest absolute Gasteiger partial charge is 0.508 e. The number of carbonyl (C=O) groups is 1. The normalized spacial score (nSPS) is 10.1. The molecule has 2 N–H and O–H groups in total. The van der Waals surface area contributed by atoms with E-state index < -0.39 is 0 Å². The van der Waals surface area contributed by atoms with Crippen molar-refractivity contribution in [2.24, 2.45) is 0 Å². The summed E-state index contributed by atoms with van der Waals surface area (Å²) >= 11 is 3.35. The van der Waals surface area contributed by atoms with Crippen LogP contribution in [0.2, 0.25) is 0 Å². The van der Waals surface area contributed by atoms with Crippen LogP contribution in [0.5, 0.6) is 11.5 Å². The Kier molecular flexibility index (Phi) is 4.63. The number of phenolic OH excluding ortho intramolecular Hbond substituents is 1. The van der Waals surface area contributed by atoms with Crippen LogP contribution < -0.4 is 10.1 Å². The van der Waals surface area contributed by atoms with Crippen molar-refractivity contribution >= 4 is 21.8 Å². The van der Waals surface area contributed by atoms with Crippen LogP contribution >= 0.6 is 15.9 Å². The highest BCUT2D eigenvalue weighted by Crippen LogP contribution is 2.25. The summed E-state index contributed by atoms with van der Waals surface area (Å²) in [5.41, 5.74) is 1.47. The SMILES string of the molecule is COc1ccc(C(=O)NCc2ccc(O)cc2)cc1Br. The van der Waals surface area contributed by atoms with E-state index in [9.17, 15) is 9.90 Å². The highest BCUT2D eigenvalue weighted by atomic mass is 79.9. The molecule has 0 unspecified atom stereocenters. The van der Waals surface area contributed by atoms with Crippen LogP contribution in [-0.4, -0.2) is 18.1 Å². The lowest BCUT2D eigenvalue weighted by molar-refractivity contribution is 0.0951. The lowest BCUT2D eigenvalue weighted by Crippen LogP contribution is -2.22. The lowest BCUT2D eigenvalue weighted by atomic mass is 10.2. The quantitative estimate of drug-likeness (QED) is 0.902. The third kappa shape index (κ3) is 3.51. The van der Waals surface area contributed by atoms with E-state index in [2.05, 4.69) is 21.2 Å². The van der Waals surface area contributed by atoms with Crippen LogP contribution in [0.3, 0.4) is 0 Å². The first-order valence-electron chi connectivity index (χ1n) is 6.00. The lowest BCUT2D eigenvalue weighted by Gasteiger charge is -2.08. The number of hydrogen-bond donors (Lipinski definition) is 2. The van der Waals surface area contributed by atoms with Crippen molar-refractivity contribution in [3.05, 3.63) is 58.1 Å². The monoisotopic (exact) mass is 335 g/mol. The van der Waals surface area contributed by atoms with Gasteiger partial charge in [-0.25, -0.2) is 0 Å². The summed E-state index contributed by atoms with van der Waals surface area (Å²) < 4.78 is 5.85. The van der Waals surface area contributed by atoms with Gasteiger partial charge in [-0.05, 0) is 51.8 Å². The maximum Gasteiger partial charge on any atom is 0.251 e. The molecule has 0 aliphatic carbocycles. The number of rotatable bonds is 4. The Hall–Kier alpha value is -2.01. The molecule has 0 atom stereocenters. The Bertz CT molecular complexity index is 611. The van der Waals surface area contributed by atoms with Crippen molar-refractivity contribution in [1.82, 2.24) is 5.32 Å². The predicted octanol–water partition coefficient (Wildman–Crippen LogP) is 3.09. The molecule has 2 rings (SSSR count). The van der Waals surface area contributed by atoms with Gasteiger partial charge in [0.05, 0.1) is 11.6 Å². The van der Waals surface area contributed by atoms with E-state index in [-0.39, 0.29) is 11.7 Å². The summed E-state index contributed by atoms with van der Waals surface area (Å²) in [6.45, 7) is 0.406. The molecular formula is C15H14BrNO3. The minimum atomic E-state index is -0.165. The summed E-state index contributed by atoms with van der Waals surface area (Å²) in [4.78, 5) is 12.0.